The van der Waals surface area contributed by atoms with E-state index in [0.29, 0.717) is 17.6 Å². The van der Waals surface area contributed by atoms with Crippen LogP contribution in [0.15, 0.2) is 23.2 Å². The van der Waals surface area contributed by atoms with Crippen molar-refractivity contribution in [2.45, 2.75) is 32.1 Å². The minimum atomic E-state index is -0.755. The molecule has 1 saturated carbocycles. The predicted molar refractivity (Wildman–Crippen MR) is 102 cm³/mol. The third-order valence-corrected chi connectivity index (χ3v) is 4.33. The van der Waals surface area contributed by atoms with Crippen LogP contribution in [0.25, 0.3) is 0 Å². The number of benzene rings is 1. The fourth-order valence-corrected chi connectivity index (χ4v) is 3.01. The summed E-state index contributed by atoms with van der Waals surface area (Å²) in [7, 11) is 0. The van der Waals surface area contributed by atoms with Crippen LogP contribution in [0.4, 0.5) is 27.9 Å². The van der Waals surface area contributed by atoms with Gasteiger partial charge in [0.05, 0.1) is 0 Å². The smallest absolute Gasteiger partial charge is 0.259 e. The molecule has 7 N–H and O–H groups in total. The second-order valence-corrected chi connectivity index (χ2v) is 6.50. The standard InChI is InChI=1S/C17H23FN8O/c18-12-8-11(6-7-13(12)27)22-16-24-15(25-17(26-16)23-14(19)20)21-9-10-4-2-1-3-5-10/h6-8,10,27H,1-5,9H2,(H6,19,20,21,22,23,24,25,26). The molecule has 1 fully saturated rings. The van der Waals surface area contributed by atoms with Gasteiger partial charge in [0.2, 0.25) is 11.9 Å². The molecule has 1 aromatic carbocycles. The number of rotatable bonds is 6. The van der Waals surface area contributed by atoms with Crippen molar-refractivity contribution >= 4 is 29.5 Å². The van der Waals surface area contributed by atoms with Gasteiger partial charge < -0.3 is 27.2 Å². The Balaban J connectivity index is 1.78. The molecule has 3 rings (SSSR count). The van der Waals surface area contributed by atoms with Crippen molar-refractivity contribution in [1.29, 1.82) is 0 Å². The van der Waals surface area contributed by atoms with Crippen LogP contribution in [0.1, 0.15) is 32.1 Å². The molecule has 0 saturated heterocycles. The highest BCUT2D eigenvalue weighted by molar-refractivity contribution is 5.78. The topological polar surface area (TPSA) is 147 Å². The second-order valence-electron chi connectivity index (χ2n) is 6.50. The van der Waals surface area contributed by atoms with Gasteiger partial charge in [0.25, 0.3) is 5.95 Å². The van der Waals surface area contributed by atoms with Crippen LogP contribution in [0.3, 0.4) is 0 Å². The number of anilines is 3. The van der Waals surface area contributed by atoms with E-state index in [0.717, 1.165) is 12.6 Å². The van der Waals surface area contributed by atoms with Crippen molar-refractivity contribution in [3.8, 4) is 5.75 Å². The van der Waals surface area contributed by atoms with E-state index in [1.54, 1.807) is 0 Å². The van der Waals surface area contributed by atoms with Gasteiger partial charge in [-0.05, 0) is 30.9 Å². The van der Waals surface area contributed by atoms with Crippen LogP contribution in [0.5, 0.6) is 5.75 Å². The van der Waals surface area contributed by atoms with Crippen LogP contribution < -0.4 is 22.1 Å². The van der Waals surface area contributed by atoms with Crippen LogP contribution in [0.2, 0.25) is 0 Å². The number of nitrogens with one attached hydrogen (secondary N) is 2. The summed E-state index contributed by atoms with van der Waals surface area (Å²) in [5.41, 5.74) is 11.2. The van der Waals surface area contributed by atoms with Crippen LogP contribution >= 0.6 is 0 Å². The van der Waals surface area contributed by atoms with Crippen molar-refractivity contribution in [3.63, 3.8) is 0 Å². The van der Waals surface area contributed by atoms with E-state index in [4.69, 9.17) is 11.5 Å². The first-order chi connectivity index (χ1) is 13.0. The molecular formula is C17H23FN8O. The van der Waals surface area contributed by atoms with Crippen molar-refractivity contribution in [2.75, 3.05) is 17.2 Å². The minimum Gasteiger partial charge on any atom is -0.505 e. The van der Waals surface area contributed by atoms with Crippen molar-refractivity contribution in [3.05, 3.63) is 24.0 Å². The second kappa shape index (κ2) is 8.47. The first-order valence-electron chi connectivity index (χ1n) is 8.85. The average Bonchev–Trinajstić information content (AvgIpc) is 2.63. The summed E-state index contributed by atoms with van der Waals surface area (Å²) in [5, 5.41) is 15.4. The molecule has 1 heterocycles. The number of hydrogen-bond donors (Lipinski definition) is 5. The lowest BCUT2D eigenvalue weighted by Crippen LogP contribution is -2.22. The average molecular weight is 374 g/mol. The number of phenols is 1. The van der Waals surface area contributed by atoms with Gasteiger partial charge >= 0.3 is 0 Å². The summed E-state index contributed by atoms with van der Waals surface area (Å²) < 4.78 is 13.5. The molecule has 0 spiro atoms. The molecule has 0 bridgehead atoms. The van der Waals surface area contributed by atoms with Gasteiger partial charge in [-0.25, -0.2) is 4.39 Å². The molecule has 9 nitrogen and oxygen atoms in total. The molecule has 1 aromatic heterocycles. The lowest BCUT2D eigenvalue weighted by atomic mass is 9.89. The SMILES string of the molecule is NC(N)=Nc1nc(NCC2CCCCC2)nc(Nc2ccc(O)c(F)c2)n1. The summed E-state index contributed by atoms with van der Waals surface area (Å²) in [6, 6.07) is 3.87. The van der Waals surface area contributed by atoms with E-state index in [9.17, 15) is 9.50 Å². The van der Waals surface area contributed by atoms with E-state index in [2.05, 4.69) is 30.6 Å². The molecule has 27 heavy (non-hydrogen) atoms. The summed E-state index contributed by atoms with van der Waals surface area (Å²) >= 11 is 0. The highest BCUT2D eigenvalue weighted by Crippen LogP contribution is 2.25. The molecule has 144 valence electrons. The van der Waals surface area contributed by atoms with Gasteiger partial charge in [-0.3, -0.25) is 0 Å². The van der Waals surface area contributed by atoms with E-state index in [1.807, 2.05) is 0 Å². The van der Waals surface area contributed by atoms with Gasteiger partial charge in [0, 0.05) is 18.3 Å². The third-order valence-electron chi connectivity index (χ3n) is 4.33. The normalized spacial score (nSPS) is 14.6. The maximum atomic E-state index is 13.5. The largest absolute Gasteiger partial charge is 0.505 e. The summed E-state index contributed by atoms with van der Waals surface area (Å²) in [6.45, 7) is 0.749. The maximum absolute atomic E-state index is 13.5. The molecule has 10 heteroatoms. The zero-order valence-electron chi connectivity index (χ0n) is 14.8. The molecule has 0 unspecified atom stereocenters. The number of aromatic hydroxyl groups is 1. The fourth-order valence-electron chi connectivity index (χ4n) is 3.01. The summed E-state index contributed by atoms with van der Waals surface area (Å²) in [6.07, 6.45) is 6.12. The third kappa shape index (κ3) is 5.40. The number of nitrogens with two attached hydrogens (primary N) is 2. The van der Waals surface area contributed by atoms with Gasteiger partial charge in [0.15, 0.2) is 17.5 Å². The minimum absolute atomic E-state index is 0.0397. The van der Waals surface area contributed by atoms with Gasteiger partial charge in [-0.2, -0.15) is 19.9 Å². The quantitative estimate of drug-likeness (QED) is 0.294. The Kier molecular flexibility index (Phi) is 5.84. The fraction of sp³-hybridized carbons (Fsp3) is 0.412. The number of halogens is 1. The summed E-state index contributed by atoms with van der Waals surface area (Å²) in [4.78, 5) is 16.5. The Labute approximate surface area is 156 Å². The molecule has 0 atom stereocenters. The number of guanidine groups is 1. The number of phenolic OH excluding ortho intramolecular Hbond substituents is 1. The summed E-state index contributed by atoms with van der Waals surface area (Å²) in [5.74, 6) is -0.275. The Hall–Kier alpha value is -3.17. The Bertz CT molecular complexity index is 819. The van der Waals surface area contributed by atoms with E-state index in [-0.39, 0.29) is 17.9 Å². The lowest BCUT2D eigenvalue weighted by Gasteiger charge is -2.21. The highest BCUT2D eigenvalue weighted by Gasteiger charge is 2.14. The molecule has 0 amide bonds. The Morgan fingerprint density at radius 1 is 1.15 bits per heavy atom. The van der Waals surface area contributed by atoms with Crippen molar-refractivity contribution < 1.29 is 9.50 Å². The van der Waals surface area contributed by atoms with Crippen molar-refractivity contribution in [2.24, 2.45) is 22.4 Å². The Morgan fingerprint density at radius 3 is 2.59 bits per heavy atom. The monoisotopic (exact) mass is 374 g/mol. The van der Waals surface area contributed by atoms with Gasteiger partial charge in [-0.1, -0.05) is 19.3 Å². The predicted octanol–water partition coefficient (Wildman–Crippen LogP) is 2.36. The van der Waals surface area contributed by atoms with Crippen LogP contribution in [0, 0.1) is 11.7 Å². The maximum Gasteiger partial charge on any atom is 0.259 e. The van der Waals surface area contributed by atoms with E-state index in [1.165, 1.54) is 44.2 Å². The molecule has 1 aliphatic carbocycles. The number of aliphatic imine (C=N–C) groups is 1. The number of hydrogen-bond acceptors (Lipinski definition) is 7. The molecule has 1 aliphatic rings. The lowest BCUT2D eigenvalue weighted by molar-refractivity contribution is 0.373. The zero-order valence-corrected chi connectivity index (χ0v) is 14.8. The molecule has 0 aliphatic heterocycles. The molecule has 0 radical (unpaired) electrons. The number of aromatic nitrogens is 3. The highest BCUT2D eigenvalue weighted by atomic mass is 19.1. The zero-order chi connectivity index (χ0) is 19.2. The first-order valence-corrected chi connectivity index (χ1v) is 8.85. The molecule has 2 aromatic rings. The number of nitrogens with zero attached hydrogens (tertiary/aromatic N) is 4. The van der Waals surface area contributed by atoms with E-state index < -0.39 is 11.6 Å². The van der Waals surface area contributed by atoms with Gasteiger partial charge in [0.1, 0.15) is 0 Å². The molecular weight excluding hydrogens is 351 g/mol. The van der Waals surface area contributed by atoms with E-state index >= 15 is 0 Å². The van der Waals surface area contributed by atoms with Crippen molar-refractivity contribution in [1.82, 2.24) is 15.0 Å². The Morgan fingerprint density at radius 2 is 1.89 bits per heavy atom. The van der Waals surface area contributed by atoms with Gasteiger partial charge in [-0.15, -0.1) is 0 Å². The van der Waals surface area contributed by atoms with Crippen LogP contribution in [-0.4, -0.2) is 32.6 Å². The van der Waals surface area contributed by atoms with Crippen LogP contribution in [-0.2, 0) is 0 Å². The first kappa shape index (κ1) is 18.6.